The third kappa shape index (κ3) is 4.23. The molecule has 0 aliphatic carbocycles. The Bertz CT molecular complexity index is 435. The van der Waals surface area contributed by atoms with Crippen LogP contribution in [0, 0.1) is 0 Å². The fourth-order valence-corrected chi connectivity index (χ4v) is 2.80. The average Bonchev–Trinajstić information content (AvgIpc) is 2.95. The third-order valence-corrected chi connectivity index (χ3v) is 4.30. The van der Waals surface area contributed by atoms with Crippen molar-refractivity contribution in [1.82, 2.24) is 16.0 Å². The van der Waals surface area contributed by atoms with Crippen molar-refractivity contribution in [3.05, 3.63) is 29.8 Å². The number of benzene rings is 1. The topological polar surface area (TPSA) is 53.2 Å². The van der Waals surface area contributed by atoms with Crippen molar-refractivity contribution in [1.29, 1.82) is 0 Å². The minimum atomic E-state index is -0.0497. The Morgan fingerprint density at radius 2 is 2.15 bits per heavy atom. The Labute approximate surface area is 125 Å². The Morgan fingerprint density at radius 1 is 1.40 bits per heavy atom. The molecule has 2 unspecified atom stereocenters. The van der Waals surface area contributed by atoms with Gasteiger partial charge in [0.15, 0.2) is 0 Å². The molecule has 1 heterocycles. The largest absolute Gasteiger partial charge is 0.355 e. The smallest absolute Gasteiger partial charge is 0.237 e. The summed E-state index contributed by atoms with van der Waals surface area (Å²) < 4.78 is 0. The van der Waals surface area contributed by atoms with Crippen molar-refractivity contribution in [2.45, 2.75) is 36.9 Å². The summed E-state index contributed by atoms with van der Waals surface area (Å²) in [6, 6.07) is 8.91. The summed E-state index contributed by atoms with van der Waals surface area (Å²) in [5, 5.41) is 9.64. The van der Waals surface area contributed by atoms with Crippen LogP contribution in [0.5, 0.6) is 0 Å². The molecule has 0 aromatic heterocycles. The van der Waals surface area contributed by atoms with E-state index in [-0.39, 0.29) is 11.9 Å². The first-order valence-electron chi connectivity index (χ1n) is 7.10. The summed E-state index contributed by atoms with van der Waals surface area (Å²) in [7, 11) is 0. The number of hydrogen-bond acceptors (Lipinski definition) is 4. The fourth-order valence-electron chi connectivity index (χ4n) is 2.39. The van der Waals surface area contributed by atoms with Crippen molar-refractivity contribution in [2.75, 3.05) is 19.3 Å². The van der Waals surface area contributed by atoms with Crippen LogP contribution < -0.4 is 16.0 Å². The Hall–Kier alpha value is -1.04. The van der Waals surface area contributed by atoms with Crippen LogP contribution >= 0.6 is 11.8 Å². The number of hydrogen-bond donors (Lipinski definition) is 3. The zero-order valence-corrected chi connectivity index (χ0v) is 12.9. The lowest BCUT2D eigenvalue weighted by Gasteiger charge is -2.12. The number of carbonyl (C=O) groups is 1. The molecule has 1 aromatic rings. The van der Waals surface area contributed by atoms with Gasteiger partial charge in [-0.3, -0.25) is 4.79 Å². The molecule has 20 heavy (non-hydrogen) atoms. The minimum absolute atomic E-state index is 0.0497. The molecule has 3 N–H and O–H groups in total. The van der Waals surface area contributed by atoms with Crippen molar-refractivity contribution >= 4 is 17.7 Å². The zero-order chi connectivity index (χ0) is 14.4. The number of nitrogens with one attached hydrogen (secondary N) is 3. The maximum absolute atomic E-state index is 11.7. The first-order valence-corrected chi connectivity index (χ1v) is 8.32. The summed E-state index contributed by atoms with van der Waals surface area (Å²) in [5.41, 5.74) is 1.28. The molecule has 0 spiro atoms. The van der Waals surface area contributed by atoms with E-state index in [1.807, 2.05) is 6.92 Å². The van der Waals surface area contributed by atoms with Gasteiger partial charge in [0.1, 0.15) is 0 Å². The van der Waals surface area contributed by atoms with Gasteiger partial charge in [0.2, 0.25) is 5.91 Å². The highest BCUT2D eigenvalue weighted by Crippen LogP contribution is 2.15. The molecule has 1 aliphatic heterocycles. The average molecular weight is 293 g/mol. The fraction of sp³-hybridized carbons (Fsp3) is 0.533. The predicted octanol–water partition coefficient (Wildman–Crippen LogP) is 1.36. The standard InChI is InChI=1S/C15H23N3OS/c1-3-16-15(19)14-8-12(10-18-14)17-9-11-4-6-13(20-2)7-5-11/h4-7,12,14,17-18H,3,8-10H2,1-2H3,(H,16,19). The van der Waals surface area contributed by atoms with E-state index in [1.165, 1.54) is 10.5 Å². The van der Waals surface area contributed by atoms with Gasteiger partial charge in [-0.25, -0.2) is 0 Å². The number of carbonyl (C=O) groups excluding carboxylic acids is 1. The van der Waals surface area contributed by atoms with Crippen LogP contribution in [0.25, 0.3) is 0 Å². The number of amides is 1. The molecular formula is C15H23N3OS. The van der Waals surface area contributed by atoms with Gasteiger partial charge in [-0.05, 0) is 37.3 Å². The van der Waals surface area contributed by atoms with E-state index in [0.717, 1.165) is 19.5 Å². The summed E-state index contributed by atoms with van der Waals surface area (Å²) >= 11 is 1.75. The molecule has 5 heteroatoms. The molecule has 1 aliphatic rings. The van der Waals surface area contributed by atoms with Gasteiger partial charge < -0.3 is 16.0 Å². The second kappa shape index (κ2) is 7.67. The highest BCUT2D eigenvalue weighted by molar-refractivity contribution is 7.98. The summed E-state index contributed by atoms with van der Waals surface area (Å²) in [6.45, 7) is 4.34. The van der Waals surface area contributed by atoms with Gasteiger partial charge in [-0.15, -0.1) is 11.8 Å². The molecule has 1 amide bonds. The normalized spacial score (nSPS) is 21.9. The second-order valence-corrected chi connectivity index (χ2v) is 5.90. The molecule has 1 fully saturated rings. The van der Waals surface area contributed by atoms with Gasteiger partial charge in [-0.2, -0.15) is 0 Å². The van der Waals surface area contributed by atoms with Crippen LogP contribution in [0.1, 0.15) is 18.9 Å². The zero-order valence-electron chi connectivity index (χ0n) is 12.1. The molecule has 4 nitrogen and oxygen atoms in total. The molecule has 1 saturated heterocycles. The molecule has 1 aromatic carbocycles. The van der Waals surface area contributed by atoms with Crippen molar-refractivity contribution in [3.8, 4) is 0 Å². The molecule has 0 radical (unpaired) electrons. The highest BCUT2D eigenvalue weighted by atomic mass is 32.2. The van der Waals surface area contributed by atoms with Crippen molar-refractivity contribution in [2.24, 2.45) is 0 Å². The summed E-state index contributed by atoms with van der Waals surface area (Å²) in [5.74, 6) is 0.112. The predicted molar refractivity (Wildman–Crippen MR) is 83.9 cm³/mol. The van der Waals surface area contributed by atoms with Crippen LogP contribution in [0.15, 0.2) is 29.2 Å². The summed E-state index contributed by atoms with van der Waals surface area (Å²) in [4.78, 5) is 13.0. The van der Waals surface area contributed by atoms with E-state index >= 15 is 0 Å². The number of rotatable bonds is 6. The van der Waals surface area contributed by atoms with E-state index in [9.17, 15) is 4.79 Å². The van der Waals surface area contributed by atoms with Crippen LogP contribution in [-0.2, 0) is 11.3 Å². The van der Waals surface area contributed by atoms with Gasteiger partial charge in [-0.1, -0.05) is 12.1 Å². The van der Waals surface area contributed by atoms with E-state index in [0.29, 0.717) is 12.6 Å². The minimum Gasteiger partial charge on any atom is -0.355 e. The van der Waals surface area contributed by atoms with Gasteiger partial charge >= 0.3 is 0 Å². The molecule has 0 bridgehead atoms. The van der Waals surface area contributed by atoms with E-state index in [4.69, 9.17) is 0 Å². The monoisotopic (exact) mass is 293 g/mol. The van der Waals surface area contributed by atoms with E-state index < -0.39 is 0 Å². The van der Waals surface area contributed by atoms with Crippen LogP contribution in [0.3, 0.4) is 0 Å². The van der Waals surface area contributed by atoms with E-state index in [1.54, 1.807) is 11.8 Å². The van der Waals surface area contributed by atoms with Gasteiger partial charge in [0.05, 0.1) is 6.04 Å². The maximum atomic E-state index is 11.7. The maximum Gasteiger partial charge on any atom is 0.237 e. The number of likely N-dealkylation sites (N-methyl/N-ethyl adjacent to an activating group) is 1. The molecule has 0 saturated carbocycles. The Balaban J connectivity index is 1.76. The highest BCUT2D eigenvalue weighted by Gasteiger charge is 2.28. The van der Waals surface area contributed by atoms with Crippen molar-refractivity contribution in [3.63, 3.8) is 0 Å². The first kappa shape index (κ1) is 15.4. The first-order chi connectivity index (χ1) is 9.72. The lowest BCUT2D eigenvalue weighted by Crippen LogP contribution is -2.40. The van der Waals surface area contributed by atoms with Gasteiger partial charge in [0.25, 0.3) is 0 Å². The van der Waals surface area contributed by atoms with Crippen LogP contribution in [-0.4, -0.2) is 37.3 Å². The lowest BCUT2D eigenvalue weighted by molar-refractivity contribution is -0.122. The van der Waals surface area contributed by atoms with Crippen LogP contribution in [0.4, 0.5) is 0 Å². The lowest BCUT2D eigenvalue weighted by atomic mass is 10.1. The second-order valence-electron chi connectivity index (χ2n) is 5.02. The third-order valence-electron chi connectivity index (χ3n) is 3.55. The SMILES string of the molecule is CCNC(=O)C1CC(NCc2ccc(SC)cc2)CN1. The quantitative estimate of drug-likeness (QED) is 0.693. The van der Waals surface area contributed by atoms with E-state index in [2.05, 4.69) is 46.5 Å². The molecule has 2 rings (SSSR count). The van der Waals surface area contributed by atoms with Crippen molar-refractivity contribution < 1.29 is 4.79 Å². The summed E-state index contributed by atoms with van der Waals surface area (Å²) in [6.07, 6.45) is 2.94. The molecular weight excluding hydrogens is 270 g/mol. The molecule has 110 valence electrons. The molecule has 2 atom stereocenters. The Morgan fingerprint density at radius 3 is 2.80 bits per heavy atom. The Kier molecular flexibility index (Phi) is 5.88. The number of thioether (sulfide) groups is 1. The van der Waals surface area contributed by atoms with Gasteiger partial charge in [0, 0.05) is 30.6 Å². The van der Waals surface area contributed by atoms with Crippen LogP contribution in [0.2, 0.25) is 0 Å².